The number of benzene rings is 1. The summed E-state index contributed by atoms with van der Waals surface area (Å²) in [6, 6.07) is 6.27. The lowest BCUT2D eigenvalue weighted by Crippen LogP contribution is -2.44. The number of hydrogen-bond acceptors (Lipinski definition) is 4. The second-order valence-electron chi connectivity index (χ2n) is 5.99. The lowest BCUT2D eigenvalue weighted by atomic mass is 10.0. The number of carbonyl (C=O) groups excluding carboxylic acids is 1. The summed E-state index contributed by atoms with van der Waals surface area (Å²) >= 11 is 0. The molecular weight excluding hydrogens is 314 g/mol. The fourth-order valence-corrected chi connectivity index (χ4v) is 3.55. The van der Waals surface area contributed by atoms with E-state index in [4.69, 9.17) is 0 Å². The highest BCUT2D eigenvalue weighted by Gasteiger charge is 2.21. The fourth-order valence-electron chi connectivity index (χ4n) is 2.65. The molecule has 1 aliphatic heterocycles. The molecule has 0 radical (unpaired) electrons. The van der Waals surface area contributed by atoms with Crippen LogP contribution in [0, 0.1) is 0 Å². The van der Waals surface area contributed by atoms with E-state index >= 15 is 0 Å². The number of nitrogens with zero attached hydrogens (tertiary/aromatic N) is 2. The zero-order valence-electron chi connectivity index (χ0n) is 13.9. The van der Waals surface area contributed by atoms with Crippen LogP contribution < -0.4 is 5.32 Å². The molecule has 1 saturated heterocycles. The molecule has 1 heterocycles. The van der Waals surface area contributed by atoms with Crippen LogP contribution in [-0.2, 0) is 10.0 Å². The molecule has 2 rings (SSSR count). The molecule has 1 fully saturated rings. The Bertz CT molecular complexity index is 633. The van der Waals surface area contributed by atoms with E-state index in [-0.39, 0.29) is 16.8 Å². The van der Waals surface area contributed by atoms with Gasteiger partial charge in [0.2, 0.25) is 10.0 Å². The van der Waals surface area contributed by atoms with Gasteiger partial charge in [0, 0.05) is 38.8 Å². The van der Waals surface area contributed by atoms with E-state index in [1.165, 1.54) is 26.2 Å². The molecule has 0 unspecified atom stereocenters. The van der Waals surface area contributed by atoms with Gasteiger partial charge < -0.3 is 10.2 Å². The topological polar surface area (TPSA) is 69.7 Å². The second kappa shape index (κ2) is 7.42. The Balaban J connectivity index is 1.99. The molecule has 0 bridgehead atoms. The summed E-state index contributed by atoms with van der Waals surface area (Å²) in [5.41, 5.74) is 0.487. The van der Waals surface area contributed by atoms with Crippen LogP contribution in [0.1, 0.15) is 30.1 Å². The quantitative estimate of drug-likeness (QED) is 0.874. The van der Waals surface area contributed by atoms with E-state index in [0.29, 0.717) is 5.56 Å². The first kappa shape index (κ1) is 17.9. The first-order valence-corrected chi connectivity index (χ1v) is 9.34. The van der Waals surface area contributed by atoms with Crippen LogP contribution in [0.3, 0.4) is 0 Å². The van der Waals surface area contributed by atoms with E-state index < -0.39 is 10.0 Å². The van der Waals surface area contributed by atoms with Crippen LogP contribution in [-0.4, -0.2) is 63.3 Å². The first-order chi connectivity index (χ1) is 10.8. The number of sulfonamides is 1. The van der Waals surface area contributed by atoms with Gasteiger partial charge in [0.15, 0.2) is 0 Å². The predicted octanol–water partition coefficient (Wildman–Crippen LogP) is 1.15. The Kier molecular flexibility index (Phi) is 5.78. The summed E-state index contributed by atoms with van der Waals surface area (Å²) in [6.45, 7) is 5.19. The van der Waals surface area contributed by atoms with Crippen molar-refractivity contribution in [2.45, 2.75) is 30.7 Å². The normalized spacial score (nSPS) is 17.4. The number of likely N-dealkylation sites (tertiary alicyclic amines) is 1. The molecule has 1 aromatic rings. The number of carbonyl (C=O) groups is 1. The van der Waals surface area contributed by atoms with Gasteiger partial charge in [-0.1, -0.05) is 6.92 Å². The standard InChI is InChI=1S/C16H25N3O3S/c1-4-19-11-9-14(10-12-19)17-16(20)13-5-7-15(8-6-13)23(21,22)18(2)3/h5-8,14H,4,9-12H2,1-3H3,(H,17,20). The van der Waals surface area contributed by atoms with Crippen LogP contribution in [0.5, 0.6) is 0 Å². The van der Waals surface area contributed by atoms with Gasteiger partial charge in [-0.05, 0) is 43.7 Å². The van der Waals surface area contributed by atoms with Crippen molar-refractivity contribution >= 4 is 15.9 Å². The summed E-state index contributed by atoms with van der Waals surface area (Å²) in [5.74, 6) is -0.145. The van der Waals surface area contributed by atoms with Crippen molar-refractivity contribution in [2.24, 2.45) is 0 Å². The monoisotopic (exact) mass is 339 g/mol. The van der Waals surface area contributed by atoms with Crippen molar-refractivity contribution in [2.75, 3.05) is 33.7 Å². The molecule has 1 aromatic carbocycles. The maximum atomic E-state index is 12.3. The van der Waals surface area contributed by atoms with Crippen molar-refractivity contribution in [3.8, 4) is 0 Å². The van der Waals surface area contributed by atoms with Crippen molar-refractivity contribution in [1.82, 2.24) is 14.5 Å². The Morgan fingerprint density at radius 1 is 1.22 bits per heavy atom. The van der Waals surface area contributed by atoms with Gasteiger partial charge in [-0.25, -0.2) is 12.7 Å². The molecule has 1 N–H and O–H groups in total. The number of nitrogens with one attached hydrogen (secondary N) is 1. The lowest BCUT2D eigenvalue weighted by Gasteiger charge is -2.31. The largest absolute Gasteiger partial charge is 0.349 e. The minimum atomic E-state index is -3.46. The van der Waals surface area contributed by atoms with Crippen molar-refractivity contribution in [3.63, 3.8) is 0 Å². The van der Waals surface area contributed by atoms with Crippen molar-refractivity contribution < 1.29 is 13.2 Å². The molecule has 0 aliphatic carbocycles. The third-order valence-corrected chi connectivity index (χ3v) is 6.09. The maximum absolute atomic E-state index is 12.3. The van der Waals surface area contributed by atoms with Gasteiger partial charge in [0.25, 0.3) is 5.91 Å². The smallest absolute Gasteiger partial charge is 0.251 e. The second-order valence-corrected chi connectivity index (χ2v) is 8.15. The molecule has 1 aliphatic rings. The van der Waals surface area contributed by atoms with E-state index in [2.05, 4.69) is 17.1 Å². The van der Waals surface area contributed by atoms with Crippen LogP contribution in [0.15, 0.2) is 29.2 Å². The Morgan fingerprint density at radius 2 is 1.78 bits per heavy atom. The molecule has 0 aromatic heterocycles. The lowest BCUT2D eigenvalue weighted by molar-refractivity contribution is 0.0912. The third-order valence-electron chi connectivity index (χ3n) is 4.27. The molecule has 0 spiro atoms. The van der Waals surface area contributed by atoms with E-state index in [9.17, 15) is 13.2 Å². The number of rotatable bonds is 5. The summed E-state index contributed by atoms with van der Waals surface area (Å²) in [5, 5.41) is 3.04. The summed E-state index contributed by atoms with van der Waals surface area (Å²) in [6.07, 6.45) is 1.90. The van der Waals surface area contributed by atoms with E-state index in [0.717, 1.165) is 36.8 Å². The van der Waals surface area contributed by atoms with Crippen molar-refractivity contribution in [1.29, 1.82) is 0 Å². The van der Waals surface area contributed by atoms with Crippen LogP contribution >= 0.6 is 0 Å². The Morgan fingerprint density at radius 3 is 2.26 bits per heavy atom. The van der Waals surface area contributed by atoms with Gasteiger partial charge in [0.05, 0.1) is 4.90 Å². The number of amides is 1. The van der Waals surface area contributed by atoms with Gasteiger partial charge in [-0.15, -0.1) is 0 Å². The molecule has 23 heavy (non-hydrogen) atoms. The van der Waals surface area contributed by atoms with Gasteiger partial charge in [0.1, 0.15) is 0 Å². The fraction of sp³-hybridized carbons (Fsp3) is 0.562. The molecular formula is C16H25N3O3S. The van der Waals surface area contributed by atoms with Crippen LogP contribution in [0.2, 0.25) is 0 Å². The highest BCUT2D eigenvalue weighted by Crippen LogP contribution is 2.15. The van der Waals surface area contributed by atoms with Gasteiger partial charge in [-0.2, -0.15) is 0 Å². The third kappa shape index (κ3) is 4.31. The summed E-state index contributed by atoms with van der Waals surface area (Å²) < 4.78 is 25.2. The highest BCUT2D eigenvalue weighted by atomic mass is 32.2. The van der Waals surface area contributed by atoms with Crippen LogP contribution in [0.4, 0.5) is 0 Å². The highest BCUT2D eigenvalue weighted by molar-refractivity contribution is 7.89. The zero-order chi connectivity index (χ0) is 17.0. The minimum Gasteiger partial charge on any atom is -0.349 e. The SMILES string of the molecule is CCN1CCC(NC(=O)c2ccc(S(=O)(=O)N(C)C)cc2)CC1. The Labute approximate surface area is 138 Å². The molecule has 0 saturated carbocycles. The molecule has 128 valence electrons. The van der Waals surface area contributed by atoms with Crippen molar-refractivity contribution in [3.05, 3.63) is 29.8 Å². The van der Waals surface area contributed by atoms with Gasteiger partial charge in [-0.3, -0.25) is 4.79 Å². The predicted molar refractivity (Wildman–Crippen MR) is 89.9 cm³/mol. The van der Waals surface area contributed by atoms with Crippen LogP contribution in [0.25, 0.3) is 0 Å². The number of hydrogen-bond donors (Lipinski definition) is 1. The molecule has 6 nitrogen and oxygen atoms in total. The van der Waals surface area contributed by atoms with Gasteiger partial charge >= 0.3 is 0 Å². The van der Waals surface area contributed by atoms with E-state index in [1.54, 1.807) is 12.1 Å². The average Bonchev–Trinajstić information content (AvgIpc) is 2.55. The molecule has 0 atom stereocenters. The maximum Gasteiger partial charge on any atom is 0.251 e. The molecule has 7 heteroatoms. The minimum absolute atomic E-state index is 0.145. The zero-order valence-corrected chi connectivity index (χ0v) is 14.8. The summed E-state index contributed by atoms with van der Waals surface area (Å²) in [4.78, 5) is 14.8. The average molecular weight is 339 g/mol. The first-order valence-electron chi connectivity index (χ1n) is 7.90. The Hall–Kier alpha value is -1.44. The molecule has 1 amide bonds. The van der Waals surface area contributed by atoms with E-state index in [1.807, 2.05) is 0 Å². The summed E-state index contributed by atoms with van der Waals surface area (Å²) in [7, 11) is -0.490. The number of piperidine rings is 1.